The summed E-state index contributed by atoms with van der Waals surface area (Å²) >= 11 is 0. The zero-order valence-corrected chi connectivity index (χ0v) is 12.8. The molecule has 6 heteroatoms. The van der Waals surface area contributed by atoms with Crippen LogP contribution in [0.4, 0.5) is 4.79 Å². The molecule has 2 N–H and O–H groups in total. The molecule has 20 heavy (non-hydrogen) atoms. The minimum Gasteiger partial charge on any atom is -0.481 e. The first kappa shape index (κ1) is 16.8. The molecule has 1 aliphatic carbocycles. The Labute approximate surface area is 120 Å². The van der Waals surface area contributed by atoms with Crippen molar-refractivity contribution in [1.29, 1.82) is 0 Å². The van der Waals surface area contributed by atoms with Crippen LogP contribution in [0.2, 0.25) is 0 Å². The van der Waals surface area contributed by atoms with E-state index in [4.69, 9.17) is 5.11 Å². The number of rotatable bonds is 5. The SMILES string of the molecule is CN(CC1CC(O)C1)C(=O)N(CCC(=O)O)C(C)(C)C. The molecule has 0 atom stereocenters. The highest BCUT2D eigenvalue weighted by atomic mass is 16.4. The highest BCUT2D eigenvalue weighted by molar-refractivity contribution is 5.76. The van der Waals surface area contributed by atoms with Crippen molar-refractivity contribution < 1.29 is 19.8 Å². The first-order valence-corrected chi connectivity index (χ1v) is 7.04. The van der Waals surface area contributed by atoms with Crippen molar-refractivity contribution in [3.63, 3.8) is 0 Å². The topological polar surface area (TPSA) is 81.1 Å². The third-order valence-corrected chi connectivity index (χ3v) is 3.66. The van der Waals surface area contributed by atoms with Crippen molar-refractivity contribution in [2.45, 2.75) is 51.7 Å². The molecule has 0 spiro atoms. The molecule has 0 aliphatic heterocycles. The molecule has 2 amide bonds. The number of hydrogen-bond donors (Lipinski definition) is 2. The lowest BCUT2D eigenvalue weighted by Crippen LogP contribution is -2.53. The predicted octanol–water partition coefficient (Wildman–Crippen LogP) is 1.38. The van der Waals surface area contributed by atoms with Gasteiger partial charge in [-0.2, -0.15) is 0 Å². The molecule has 0 saturated heterocycles. The maximum absolute atomic E-state index is 12.5. The Hall–Kier alpha value is -1.30. The van der Waals surface area contributed by atoms with Crippen LogP contribution in [0.25, 0.3) is 0 Å². The monoisotopic (exact) mass is 286 g/mol. The zero-order chi connectivity index (χ0) is 15.5. The minimum absolute atomic E-state index is 0.0566. The van der Waals surface area contributed by atoms with E-state index < -0.39 is 11.5 Å². The zero-order valence-electron chi connectivity index (χ0n) is 12.8. The summed E-state index contributed by atoms with van der Waals surface area (Å²) in [6.07, 6.45) is 1.19. The largest absolute Gasteiger partial charge is 0.481 e. The van der Waals surface area contributed by atoms with E-state index in [9.17, 15) is 14.7 Å². The van der Waals surface area contributed by atoms with Gasteiger partial charge in [-0.15, -0.1) is 0 Å². The molecular formula is C14H26N2O4. The van der Waals surface area contributed by atoms with Crippen LogP contribution in [0.3, 0.4) is 0 Å². The van der Waals surface area contributed by atoms with Crippen molar-refractivity contribution in [2.75, 3.05) is 20.1 Å². The number of aliphatic hydroxyl groups is 1. The Kier molecular flexibility index (Phi) is 5.39. The third-order valence-electron chi connectivity index (χ3n) is 3.66. The number of hydrogen-bond acceptors (Lipinski definition) is 3. The number of carboxylic acids is 1. The molecule has 0 aromatic carbocycles. The van der Waals surface area contributed by atoms with Gasteiger partial charge in [0.2, 0.25) is 0 Å². The molecule has 0 heterocycles. The van der Waals surface area contributed by atoms with E-state index in [-0.39, 0.29) is 25.1 Å². The predicted molar refractivity (Wildman–Crippen MR) is 75.5 cm³/mol. The van der Waals surface area contributed by atoms with Crippen LogP contribution in [0, 0.1) is 5.92 Å². The summed E-state index contributed by atoms with van der Waals surface area (Å²) < 4.78 is 0. The van der Waals surface area contributed by atoms with Gasteiger partial charge in [0.25, 0.3) is 0 Å². The number of carboxylic acid groups (broad SMARTS) is 1. The van der Waals surface area contributed by atoms with Crippen molar-refractivity contribution in [3.05, 3.63) is 0 Å². The van der Waals surface area contributed by atoms with Crippen LogP contribution in [0.1, 0.15) is 40.0 Å². The van der Waals surface area contributed by atoms with Crippen LogP contribution in [-0.4, -0.2) is 63.8 Å². The lowest BCUT2D eigenvalue weighted by Gasteiger charge is -2.40. The second kappa shape index (κ2) is 6.43. The van der Waals surface area contributed by atoms with E-state index in [0.29, 0.717) is 12.5 Å². The standard InChI is InChI=1S/C14H26N2O4/c1-14(2,3)16(6-5-12(18)19)13(20)15(4)9-10-7-11(17)8-10/h10-11,17H,5-9H2,1-4H3,(H,18,19). The number of amides is 2. The molecule has 6 nitrogen and oxygen atoms in total. The fourth-order valence-corrected chi connectivity index (χ4v) is 2.45. The Balaban J connectivity index is 2.59. The van der Waals surface area contributed by atoms with Gasteiger partial charge in [-0.05, 0) is 39.5 Å². The van der Waals surface area contributed by atoms with Gasteiger partial charge in [-0.3, -0.25) is 4.79 Å². The highest BCUT2D eigenvalue weighted by Crippen LogP contribution is 2.28. The highest BCUT2D eigenvalue weighted by Gasteiger charge is 2.33. The normalized spacial score (nSPS) is 22.1. The van der Waals surface area contributed by atoms with Crippen LogP contribution in [0.15, 0.2) is 0 Å². The lowest BCUT2D eigenvalue weighted by molar-refractivity contribution is -0.137. The summed E-state index contributed by atoms with van der Waals surface area (Å²) in [5.41, 5.74) is -0.417. The summed E-state index contributed by atoms with van der Waals surface area (Å²) in [5, 5.41) is 18.1. The van der Waals surface area contributed by atoms with E-state index in [0.717, 1.165) is 12.8 Å². The van der Waals surface area contributed by atoms with Crippen molar-refractivity contribution in [2.24, 2.45) is 5.92 Å². The number of aliphatic hydroxyl groups excluding tert-OH is 1. The summed E-state index contributed by atoms with van der Waals surface area (Å²) in [6.45, 7) is 6.50. The van der Waals surface area contributed by atoms with Gasteiger partial charge in [0.15, 0.2) is 0 Å². The van der Waals surface area contributed by atoms with Crippen LogP contribution >= 0.6 is 0 Å². The molecular weight excluding hydrogens is 260 g/mol. The summed E-state index contributed by atoms with van der Waals surface area (Å²) in [4.78, 5) is 26.4. The third kappa shape index (κ3) is 4.67. The first-order valence-electron chi connectivity index (χ1n) is 7.04. The molecule has 0 radical (unpaired) electrons. The Morgan fingerprint density at radius 1 is 1.25 bits per heavy atom. The van der Waals surface area contributed by atoms with E-state index in [2.05, 4.69) is 0 Å². The maximum Gasteiger partial charge on any atom is 0.320 e. The summed E-state index contributed by atoms with van der Waals surface area (Å²) in [5.74, 6) is -0.558. The molecule has 1 saturated carbocycles. The van der Waals surface area contributed by atoms with Gasteiger partial charge in [0, 0.05) is 25.7 Å². The number of nitrogens with zero attached hydrogens (tertiary/aromatic N) is 2. The number of carbonyl (C=O) groups excluding carboxylic acids is 1. The average molecular weight is 286 g/mol. The van der Waals surface area contributed by atoms with Crippen LogP contribution < -0.4 is 0 Å². The maximum atomic E-state index is 12.5. The second-order valence-corrected chi connectivity index (χ2v) is 6.62. The van der Waals surface area contributed by atoms with Gasteiger partial charge in [0.05, 0.1) is 12.5 Å². The molecule has 0 aromatic heterocycles. The van der Waals surface area contributed by atoms with Gasteiger partial charge in [-0.1, -0.05) is 0 Å². The van der Waals surface area contributed by atoms with Gasteiger partial charge < -0.3 is 20.0 Å². The van der Waals surface area contributed by atoms with Crippen LogP contribution in [-0.2, 0) is 4.79 Å². The Morgan fingerprint density at radius 3 is 2.20 bits per heavy atom. The molecule has 116 valence electrons. The molecule has 0 unspecified atom stereocenters. The van der Waals surface area contributed by atoms with Crippen molar-refractivity contribution >= 4 is 12.0 Å². The van der Waals surface area contributed by atoms with Crippen molar-refractivity contribution in [3.8, 4) is 0 Å². The van der Waals surface area contributed by atoms with E-state index in [1.165, 1.54) is 0 Å². The second-order valence-electron chi connectivity index (χ2n) is 6.62. The smallest absolute Gasteiger partial charge is 0.320 e. The van der Waals surface area contributed by atoms with E-state index in [1.54, 1.807) is 16.8 Å². The number of aliphatic carboxylic acids is 1. The molecule has 1 aliphatic rings. The summed E-state index contributed by atoms with van der Waals surface area (Å²) in [6, 6.07) is -0.153. The average Bonchev–Trinajstić information content (AvgIpc) is 2.24. The number of urea groups is 1. The van der Waals surface area contributed by atoms with Crippen LogP contribution in [0.5, 0.6) is 0 Å². The fraction of sp³-hybridized carbons (Fsp3) is 0.857. The van der Waals surface area contributed by atoms with Gasteiger partial charge >= 0.3 is 12.0 Å². The summed E-state index contributed by atoms with van der Waals surface area (Å²) in [7, 11) is 1.73. The molecule has 0 aromatic rings. The molecule has 1 rings (SSSR count). The quantitative estimate of drug-likeness (QED) is 0.800. The molecule has 1 fully saturated rings. The van der Waals surface area contributed by atoms with Crippen molar-refractivity contribution in [1.82, 2.24) is 9.80 Å². The van der Waals surface area contributed by atoms with Gasteiger partial charge in [0.1, 0.15) is 0 Å². The minimum atomic E-state index is -0.906. The molecule has 0 bridgehead atoms. The Bertz CT molecular complexity index is 359. The van der Waals surface area contributed by atoms with E-state index >= 15 is 0 Å². The number of carbonyl (C=O) groups is 2. The Morgan fingerprint density at radius 2 is 1.80 bits per heavy atom. The van der Waals surface area contributed by atoms with Gasteiger partial charge in [-0.25, -0.2) is 4.79 Å². The van der Waals surface area contributed by atoms with E-state index in [1.807, 2.05) is 20.8 Å². The fourth-order valence-electron chi connectivity index (χ4n) is 2.45. The first-order chi connectivity index (χ1) is 9.11. The lowest BCUT2D eigenvalue weighted by atomic mass is 9.82.